The normalized spacial score (nSPS) is 16.3. The Bertz CT molecular complexity index is 1190. The first-order valence-corrected chi connectivity index (χ1v) is 12.5. The summed E-state index contributed by atoms with van der Waals surface area (Å²) in [7, 11) is 0. The summed E-state index contributed by atoms with van der Waals surface area (Å²) in [6.45, 7) is -3.22. The fraction of sp³-hybridized carbons (Fsp3) is 0.391. The van der Waals surface area contributed by atoms with Crippen molar-refractivity contribution in [2.24, 2.45) is 5.92 Å². The minimum Gasteiger partial charge on any atom is -0.433 e. The van der Waals surface area contributed by atoms with Gasteiger partial charge in [-0.05, 0) is 37.1 Å². The zero-order valence-corrected chi connectivity index (χ0v) is 20.9. The van der Waals surface area contributed by atoms with Gasteiger partial charge in [-0.25, -0.2) is 0 Å². The van der Waals surface area contributed by atoms with Crippen molar-refractivity contribution in [2.75, 3.05) is 36.5 Å². The summed E-state index contributed by atoms with van der Waals surface area (Å²) in [6.07, 6.45) is 1.41. The van der Waals surface area contributed by atoms with E-state index in [2.05, 4.69) is 20.7 Å². The van der Waals surface area contributed by atoms with Crippen LogP contribution >= 0.6 is 22.9 Å². The topological polar surface area (TPSA) is 126 Å². The van der Waals surface area contributed by atoms with Crippen LogP contribution in [0.1, 0.15) is 22.5 Å². The van der Waals surface area contributed by atoms with Crippen molar-refractivity contribution in [3.8, 4) is 5.75 Å². The number of amides is 4. The number of hydrogen-bond acceptors (Lipinski definition) is 7. The minimum absolute atomic E-state index is 0.0899. The van der Waals surface area contributed by atoms with Gasteiger partial charge in [0.05, 0.1) is 21.5 Å². The third kappa shape index (κ3) is 7.14. The molecule has 2 aliphatic rings. The number of halogens is 3. The van der Waals surface area contributed by atoms with E-state index in [0.717, 1.165) is 17.4 Å². The number of anilines is 2. The van der Waals surface area contributed by atoms with Crippen molar-refractivity contribution >= 4 is 57.9 Å². The van der Waals surface area contributed by atoms with Crippen LogP contribution in [0.15, 0.2) is 30.3 Å². The van der Waals surface area contributed by atoms with Gasteiger partial charge in [0.25, 0.3) is 11.8 Å². The molecule has 1 aliphatic heterocycles. The van der Waals surface area contributed by atoms with E-state index in [1.165, 1.54) is 23.1 Å². The molecule has 4 amide bonds. The molecule has 1 aliphatic carbocycles. The maximum Gasteiger partial charge on any atom is 0.387 e. The number of nitrogens with one attached hydrogen (secondary N) is 3. The van der Waals surface area contributed by atoms with Gasteiger partial charge in [0.2, 0.25) is 11.8 Å². The van der Waals surface area contributed by atoms with Gasteiger partial charge in [0.15, 0.2) is 5.75 Å². The van der Waals surface area contributed by atoms with E-state index >= 15 is 0 Å². The van der Waals surface area contributed by atoms with E-state index < -0.39 is 30.4 Å². The highest BCUT2D eigenvalue weighted by Gasteiger charge is 2.33. The molecule has 14 heteroatoms. The SMILES string of the molecule is O=C(NC[C@H](NC(=O)C1CC1)C(=O)Nc1ccc(N2CCOCC2=O)c(OC(F)F)c1)c1ccc(Cl)s1. The molecule has 1 aromatic carbocycles. The predicted molar refractivity (Wildman–Crippen MR) is 131 cm³/mol. The summed E-state index contributed by atoms with van der Waals surface area (Å²) in [5, 5.41) is 7.77. The van der Waals surface area contributed by atoms with Gasteiger partial charge in [0.1, 0.15) is 12.6 Å². The zero-order valence-electron chi connectivity index (χ0n) is 19.3. The molecular weight excluding hydrogens is 534 g/mol. The van der Waals surface area contributed by atoms with Gasteiger partial charge in [-0.15, -0.1) is 11.3 Å². The first kappa shape index (κ1) is 26.8. The Balaban J connectivity index is 1.49. The lowest BCUT2D eigenvalue weighted by Crippen LogP contribution is -2.51. The Morgan fingerprint density at radius 1 is 1.22 bits per heavy atom. The van der Waals surface area contributed by atoms with E-state index in [9.17, 15) is 28.0 Å². The van der Waals surface area contributed by atoms with Crippen LogP contribution in [0.3, 0.4) is 0 Å². The second-order valence-corrected chi connectivity index (χ2v) is 10.0. The van der Waals surface area contributed by atoms with E-state index in [4.69, 9.17) is 16.3 Å². The monoisotopic (exact) mass is 556 g/mol. The lowest BCUT2D eigenvalue weighted by atomic mass is 10.2. The van der Waals surface area contributed by atoms with Gasteiger partial charge in [-0.3, -0.25) is 19.2 Å². The van der Waals surface area contributed by atoms with Crippen LogP contribution in [0.4, 0.5) is 20.2 Å². The number of morpholine rings is 1. The number of thiophene rings is 1. The number of carbonyl (C=O) groups excluding carboxylic acids is 4. The molecule has 4 rings (SSSR count). The molecular formula is C23H23ClF2N4O6S. The number of alkyl halides is 2. The summed E-state index contributed by atoms with van der Waals surface area (Å²) in [5.74, 6) is -2.41. The Hall–Kier alpha value is -3.29. The van der Waals surface area contributed by atoms with Crippen molar-refractivity contribution < 1.29 is 37.4 Å². The number of rotatable bonds is 10. The summed E-state index contributed by atoms with van der Waals surface area (Å²) >= 11 is 6.93. The smallest absolute Gasteiger partial charge is 0.387 e. The summed E-state index contributed by atoms with van der Waals surface area (Å²) in [4.78, 5) is 51.6. The molecule has 37 heavy (non-hydrogen) atoms. The van der Waals surface area contributed by atoms with E-state index in [1.54, 1.807) is 6.07 Å². The third-order valence-electron chi connectivity index (χ3n) is 5.56. The van der Waals surface area contributed by atoms with Crippen LogP contribution in [0.5, 0.6) is 5.75 Å². The highest BCUT2D eigenvalue weighted by Crippen LogP contribution is 2.34. The standard InChI is InChI=1S/C23H23ClF2N4O6S/c24-18-6-5-17(37-18)22(34)27-10-14(29-20(32)12-1-2-12)21(33)28-13-3-4-15(16(9-13)36-23(25)26)30-7-8-35-11-19(30)31/h3-6,9,12,14,23H,1-2,7-8,10-11H2,(H,27,34)(H,28,33)(H,29,32)/t14-/m0/s1. The van der Waals surface area contributed by atoms with Crippen LogP contribution in [0.25, 0.3) is 0 Å². The Morgan fingerprint density at radius 3 is 2.65 bits per heavy atom. The van der Waals surface area contributed by atoms with Gasteiger partial charge in [0, 0.05) is 30.8 Å². The quantitative estimate of drug-likeness (QED) is 0.413. The maximum absolute atomic E-state index is 13.1. The third-order valence-corrected chi connectivity index (χ3v) is 6.79. The molecule has 3 N–H and O–H groups in total. The minimum atomic E-state index is -3.17. The second kappa shape index (κ2) is 11.8. The lowest BCUT2D eigenvalue weighted by molar-refractivity contribution is -0.127. The molecule has 1 aromatic heterocycles. The van der Waals surface area contributed by atoms with Gasteiger partial charge < -0.3 is 30.3 Å². The van der Waals surface area contributed by atoms with E-state index in [1.807, 2.05) is 0 Å². The molecule has 1 atom stereocenters. The molecule has 2 heterocycles. The Morgan fingerprint density at radius 2 is 2.00 bits per heavy atom. The van der Waals surface area contributed by atoms with Gasteiger partial charge in [-0.2, -0.15) is 8.78 Å². The fourth-order valence-corrected chi connectivity index (χ4v) is 4.53. The van der Waals surface area contributed by atoms with Crippen molar-refractivity contribution in [3.05, 3.63) is 39.5 Å². The van der Waals surface area contributed by atoms with Gasteiger partial charge in [-0.1, -0.05) is 11.6 Å². The highest BCUT2D eigenvalue weighted by atomic mass is 35.5. The number of nitrogens with zero attached hydrogens (tertiary/aromatic N) is 1. The van der Waals surface area contributed by atoms with Crippen molar-refractivity contribution in [1.29, 1.82) is 0 Å². The fourth-order valence-electron chi connectivity index (χ4n) is 3.57. The number of benzene rings is 1. The molecule has 0 radical (unpaired) electrons. The second-order valence-electron chi connectivity index (χ2n) is 8.30. The average Bonchev–Trinajstić information content (AvgIpc) is 3.62. The molecule has 0 bridgehead atoms. The van der Waals surface area contributed by atoms with Crippen molar-refractivity contribution in [2.45, 2.75) is 25.5 Å². The van der Waals surface area contributed by atoms with Crippen LogP contribution in [-0.4, -0.2) is 62.6 Å². The van der Waals surface area contributed by atoms with Crippen LogP contribution in [0, 0.1) is 5.92 Å². The highest BCUT2D eigenvalue weighted by molar-refractivity contribution is 7.18. The predicted octanol–water partition coefficient (Wildman–Crippen LogP) is 2.63. The largest absolute Gasteiger partial charge is 0.433 e. The number of ether oxygens (including phenoxy) is 2. The molecule has 198 valence electrons. The number of hydrogen-bond donors (Lipinski definition) is 3. The Labute approximate surface area is 219 Å². The molecule has 10 nitrogen and oxygen atoms in total. The van der Waals surface area contributed by atoms with Crippen molar-refractivity contribution in [1.82, 2.24) is 10.6 Å². The van der Waals surface area contributed by atoms with E-state index in [0.29, 0.717) is 22.1 Å². The summed E-state index contributed by atoms with van der Waals surface area (Å²) in [6, 6.07) is 5.90. The van der Waals surface area contributed by atoms with Crippen molar-refractivity contribution in [3.63, 3.8) is 0 Å². The lowest BCUT2D eigenvalue weighted by Gasteiger charge is -2.28. The summed E-state index contributed by atoms with van der Waals surface area (Å²) in [5.41, 5.74) is 0.194. The van der Waals surface area contributed by atoms with Crippen LogP contribution in [0.2, 0.25) is 4.34 Å². The first-order valence-electron chi connectivity index (χ1n) is 11.3. The maximum atomic E-state index is 13.1. The molecule has 0 spiro atoms. The van der Waals surface area contributed by atoms with Crippen LogP contribution in [-0.2, 0) is 19.1 Å². The van der Waals surface area contributed by atoms with Gasteiger partial charge >= 0.3 is 6.61 Å². The average molecular weight is 557 g/mol. The molecule has 1 saturated heterocycles. The van der Waals surface area contributed by atoms with Crippen LogP contribution < -0.4 is 25.6 Å². The van der Waals surface area contributed by atoms with E-state index in [-0.39, 0.29) is 55.3 Å². The first-order chi connectivity index (χ1) is 17.7. The molecule has 2 fully saturated rings. The molecule has 2 aromatic rings. The number of carbonyl (C=O) groups is 4. The summed E-state index contributed by atoms with van der Waals surface area (Å²) < 4.78 is 36.3. The molecule has 0 unspecified atom stereocenters. The zero-order chi connectivity index (χ0) is 26.5. The molecule has 1 saturated carbocycles. The Kier molecular flexibility index (Phi) is 8.56.